The second-order valence-corrected chi connectivity index (χ2v) is 10.7. The molecule has 0 aliphatic carbocycles. The molecule has 0 aliphatic rings. The van der Waals surface area contributed by atoms with Gasteiger partial charge in [-0.3, -0.25) is 0 Å². The molecule has 3 heteroatoms. The van der Waals surface area contributed by atoms with E-state index in [1.54, 1.807) is 0 Å². The quantitative estimate of drug-likeness (QED) is 0.560. The zero-order valence-corrected chi connectivity index (χ0v) is 11.4. The van der Waals surface area contributed by atoms with Gasteiger partial charge in [0.25, 0.3) is 0 Å². The second-order valence-electron chi connectivity index (χ2n) is 4.84. The lowest BCUT2D eigenvalue weighted by atomic mass is 10.3. The fraction of sp³-hybridized carbons (Fsp3) is 0.500. The minimum absolute atomic E-state index is 0.513. The van der Waals surface area contributed by atoms with Crippen LogP contribution in [-0.2, 0) is 0 Å². The van der Waals surface area contributed by atoms with Gasteiger partial charge in [-0.2, -0.15) is 0 Å². The second kappa shape index (κ2) is 5.57. The number of benzene rings is 1. The van der Waals surface area contributed by atoms with Gasteiger partial charge in [0.15, 0.2) is 0 Å². The van der Waals surface area contributed by atoms with Crippen molar-refractivity contribution in [2.45, 2.75) is 25.2 Å². The molecule has 0 fully saturated rings. The van der Waals surface area contributed by atoms with Crippen molar-refractivity contribution in [2.75, 3.05) is 12.5 Å². The number of para-hydroxylation sites is 1. The number of rotatable bonds is 5. The van der Waals surface area contributed by atoms with E-state index in [0.717, 1.165) is 12.4 Å². The van der Waals surface area contributed by atoms with Crippen LogP contribution in [0.15, 0.2) is 30.3 Å². The number of ether oxygens (including phenoxy) is 1. The molecular formula is C12H19ClOSi. The van der Waals surface area contributed by atoms with E-state index in [9.17, 15) is 0 Å². The van der Waals surface area contributed by atoms with Crippen LogP contribution in [0.3, 0.4) is 0 Å². The summed E-state index contributed by atoms with van der Waals surface area (Å²) in [6.07, 6.45) is 0. The predicted molar refractivity (Wildman–Crippen MR) is 69.8 cm³/mol. The SMILES string of the molecule is C[Si](C)(C)C(CCl)COc1ccccc1. The van der Waals surface area contributed by atoms with Gasteiger partial charge in [-0.15, -0.1) is 11.6 Å². The van der Waals surface area contributed by atoms with Gasteiger partial charge < -0.3 is 4.74 Å². The van der Waals surface area contributed by atoms with Gasteiger partial charge in [0.05, 0.1) is 14.7 Å². The lowest BCUT2D eigenvalue weighted by molar-refractivity contribution is 0.315. The number of hydrogen-bond acceptors (Lipinski definition) is 1. The van der Waals surface area contributed by atoms with Crippen LogP contribution in [0.2, 0.25) is 25.2 Å². The van der Waals surface area contributed by atoms with Crippen LogP contribution < -0.4 is 4.74 Å². The maximum atomic E-state index is 5.97. The molecule has 84 valence electrons. The molecule has 0 heterocycles. The Labute approximate surface area is 98.4 Å². The maximum absolute atomic E-state index is 5.97. The average Bonchev–Trinajstić information content (AvgIpc) is 2.18. The summed E-state index contributed by atoms with van der Waals surface area (Å²) in [7, 11) is -1.20. The largest absolute Gasteiger partial charge is 0.494 e. The molecule has 0 radical (unpaired) electrons. The zero-order valence-electron chi connectivity index (χ0n) is 9.66. The molecule has 15 heavy (non-hydrogen) atoms. The third-order valence-electron chi connectivity index (χ3n) is 2.61. The Balaban J connectivity index is 2.49. The Kier molecular flexibility index (Phi) is 4.67. The maximum Gasteiger partial charge on any atom is 0.119 e. The molecule has 0 saturated heterocycles. The van der Waals surface area contributed by atoms with Crippen molar-refractivity contribution in [1.82, 2.24) is 0 Å². The molecule has 1 atom stereocenters. The molecule has 1 aromatic rings. The van der Waals surface area contributed by atoms with E-state index in [0.29, 0.717) is 11.4 Å². The van der Waals surface area contributed by atoms with Crippen molar-refractivity contribution in [1.29, 1.82) is 0 Å². The van der Waals surface area contributed by atoms with E-state index in [-0.39, 0.29) is 0 Å². The first-order valence-corrected chi connectivity index (χ1v) is 9.39. The molecule has 0 aliphatic heterocycles. The van der Waals surface area contributed by atoms with Crippen molar-refractivity contribution < 1.29 is 4.74 Å². The molecule has 0 bridgehead atoms. The minimum atomic E-state index is -1.20. The Morgan fingerprint density at radius 1 is 1.20 bits per heavy atom. The Bertz CT molecular complexity index is 281. The van der Waals surface area contributed by atoms with Gasteiger partial charge in [0.2, 0.25) is 0 Å². The number of alkyl halides is 1. The molecule has 0 saturated carbocycles. The third-order valence-corrected chi connectivity index (χ3v) is 6.06. The fourth-order valence-electron chi connectivity index (χ4n) is 1.24. The minimum Gasteiger partial charge on any atom is -0.494 e. The predicted octanol–water partition coefficient (Wildman–Crippen LogP) is 4.01. The molecule has 1 aromatic carbocycles. The molecule has 1 rings (SSSR count). The first-order valence-electron chi connectivity index (χ1n) is 5.28. The summed E-state index contributed by atoms with van der Waals surface area (Å²) in [5.74, 6) is 1.63. The third kappa shape index (κ3) is 4.27. The Morgan fingerprint density at radius 2 is 1.80 bits per heavy atom. The molecule has 0 N–H and O–H groups in total. The zero-order chi connectivity index (χ0) is 11.3. The summed E-state index contributed by atoms with van der Waals surface area (Å²) < 4.78 is 5.74. The number of halogens is 1. The van der Waals surface area contributed by atoms with Gasteiger partial charge in [0.1, 0.15) is 5.75 Å². The van der Waals surface area contributed by atoms with E-state index in [2.05, 4.69) is 19.6 Å². The lowest BCUT2D eigenvalue weighted by Gasteiger charge is -2.26. The highest BCUT2D eigenvalue weighted by Crippen LogP contribution is 2.24. The first kappa shape index (κ1) is 12.6. The smallest absolute Gasteiger partial charge is 0.119 e. The summed E-state index contributed by atoms with van der Waals surface area (Å²) in [5, 5.41) is 0. The van der Waals surface area contributed by atoms with Crippen molar-refractivity contribution >= 4 is 19.7 Å². The van der Waals surface area contributed by atoms with E-state index in [1.807, 2.05) is 30.3 Å². The van der Waals surface area contributed by atoms with Gasteiger partial charge in [-0.1, -0.05) is 37.8 Å². The number of hydrogen-bond donors (Lipinski definition) is 0. The summed E-state index contributed by atoms with van der Waals surface area (Å²) in [6.45, 7) is 7.72. The highest BCUT2D eigenvalue weighted by Gasteiger charge is 2.26. The van der Waals surface area contributed by atoms with Crippen molar-refractivity contribution in [3.05, 3.63) is 30.3 Å². The van der Waals surface area contributed by atoms with Gasteiger partial charge in [-0.05, 0) is 12.1 Å². The lowest BCUT2D eigenvalue weighted by Crippen LogP contribution is -2.33. The fourth-order valence-corrected chi connectivity index (χ4v) is 3.76. The van der Waals surface area contributed by atoms with E-state index < -0.39 is 8.07 Å². The van der Waals surface area contributed by atoms with Crippen LogP contribution in [0, 0.1) is 0 Å². The van der Waals surface area contributed by atoms with Crippen LogP contribution in [-0.4, -0.2) is 20.6 Å². The van der Waals surface area contributed by atoms with Crippen LogP contribution in [0.5, 0.6) is 5.75 Å². The van der Waals surface area contributed by atoms with Gasteiger partial charge in [0, 0.05) is 11.4 Å². The molecule has 0 amide bonds. The first-order chi connectivity index (χ1) is 7.04. The van der Waals surface area contributed by atoms with Crippen molar-refractivity contribution in [3.8, 4) is 5.75 Å². The highest BCUT2D eigenvalue weighted by molar-refractivity contribution is 6.78. The summed E-state index contributed by atoms with van der Waals surface area (Å²) in [6, 6.07) is 9.93. The molecule has 1 nitrogen and oxygen atoms in total. The molecule has 0 aromatic heterocycles. The molecule has 1 unspecified atom stereocenters. The van der Waals surface area contributed by atoms with Crippen molar-refractivity contribution in [2.24, 2.45) is 0 Å². The molecule has 0 spiro atoms. The summed E-state index contributed by atoms with van der Waals surface area (Å²) in [5.41, 5.74) is 0.513. The Hall–Kier alpha value is -0.473. The van der Waals surface area contributed by atoms with E-state index in [1.165, 1.54) is 0 Å². The topological polar surface area (TPSA) is 9.23 Å². The normalized spacial score (nSPS) is 13.6. The van der Waals surface area contributed by atoms with E-state index in [4.69, 9.17) is 16.3 Å². The standard InChI is InChI=1S/C12H19ClOSi/c1-15(2,3)12(9-13)10-14-11-7-5-4-6-8-11/h4-8,12H,9-10H2,1-3H3. The van der Waals surface area contributed by atoms with Gasteiger partial charge >= 0.3 is 0 Å². The summed E-state index contributed by atoms with van der Waals surface area (Å²) in [4.78, 5) is 0. The van der Waals surface area contributed by atoms with Crippen LogP contribution in [0.4, 0.5) is 0 Å². The molecular weight excluding hydrogens is 224 g/mol. The van der Waals surface area contributed by atoms with Crippen LogP contribution in [0.25, 0.3) is 0 Å². The van der Waals surface area contributed by atoms with Crippen molar-refractivity contribution in [3.63, 3.8) is 0 Å². The van der Waals surface area contributed by atoms with Gasteiger partial charge in [-0.25, -0.2) is 0 Å². The Morgan fingerprint density at radius 3 is 2.27 bits per heavy atom. The monoisotopic (exact) mass is 242 g/mol. The average molecular weight is 243 g/mol. The van der Waals surface area contributed by atoms with E-state index >= 15 is 0 Å². The van der Waals surface area contributed by atoms with Crippen LogP contribution >= 0.6 is 11.6 Å². The highest BCUT2D eigenvalue weighted by atomic mass is 35.5. The summed E-state index contributed by atoms with van der Waals surface area (Å²) >= 11 is 5.97. The van der Waals surface area contributed by atoms with Crippen LogP contribution in [0.1, 0.15) is 0 Å².